The Morgan fingerprint density at radius 2 is 1.49 bits per heavy atom. The Labute approximate surface area is 223 Å². The van der Waals surface area contributed by atoms with Gasteiger partial charge in [-0.3, -0.25) is 0 Å². The van der Waals surface area contributed by atoms with Crippen molar-refractivity contribution in [1.82, 2.24) is 15.3 Å². The van der Waals surface area contributed by atoms with E-state index < -0.39 is 12.1 Å². The lowest BCUT2D eigenvalue weighted by Crippen LogP contribution is -2.21. The lowest BCUT2D eigenvalue weighted by atomic mass is 10.0. The van der Waals surface area contributed by atoms with Gasteiger partial charge in [-0.05, 0) is 52.6 Å². The first kappa shape index (κ1) is 27.4. The molecule has 0 saturated heterocycles. The van der Waals surface area contributed by atoms with Gasteiger partial charge in [-0.2, -0.15) is 13.2 Å². The van der Waals surface area contributed by atoms with Crippen LogP contribution in [0.15, 0.2) is 97.1 Å². The predicted molar refractivity (Wildman–Crippen MR) is 144 cm³/mol. The van der Waals surface area contributed by atoms with E-state index in [-0.39, 0.29) is 0 Å². The Kier molecular flexibility index (Phi) is 8.63. The number of ether oxygens (including phenoxy) is 1. The SMILES string of the molecule is COc1ccc(CNCc2cccc(-c3ccc(-c4nc5ccccc5[nH]4)cc3)c2)cc1.O=C(O)C(F)(F)F. The number of carbonyl (C=O) groups is 1. The topological polar surface area (TPSA) is 87.2 Å². The van der Waals surface area contributed by atoms with Crippen molar-refractivity contribution in [1.29, 1.82) is 0 Å². The summed E-state index contributed by atoms with van der Waals surface area (Å²) in [7, 11) is 1.69. The van der Waals surface area contributed by atoms with Crippen LogP contribution in [-0.4, -0.2) is 34.3 Å². The van der Waals surface area contributed by atoms with E-state index in [1.54, 1.807) is 7.11 Å². The van der Waals surface area contributed by atoms with Gasteiger partial charge in [0.1, 0.15) is 11.6 Å². The molecule has 3 N–H and O–H groups in total. The van der Waals surface area contributed by atoms with Crippen molar-refractivity contribution in [3.63, 3.8) is 0 Å². The average Bonchev–Trinajstić information content (AvgIpc) is 3.38. The van der Waals surface area contributed by atoms with E-state index in [4.69, 9.17) is 19.6 Å². The number of aliphatic carboxylic acids is 1. The largest absolute Gasteiger partial charge is 0.497 e. The van der Waals surface area contributed by atoms with Crippen molar-refractivity contribution in [2.45, 2.75) is 19.3 Å². The van der Waals surface area contributed by atoms with Gasteiger partial charge in [0.2, 0.25) is 0 Å². The minimum Gasteiger partial charge on any atom is -0.497 e. The van der Waals surface area contributed by atoms with E-state index in [0.29, 0.717) is 0 Å². The van der Waals surface area contributed by atoms with Crippen molar-refractivity contribution in [3.05, 3.63) is 108 Å². The molecule has 1 heterocycles. The smallest absolute Gasteiger partial charge is 0.490 e. The fourth-order valence-corrected chi connectivity index (χ4v) is 3.87. The van der Waals surface area contributed by atoms with Crippen LogP contribution in [0, 0.1) is 0 Å². The maximum atomic E-state index is 10.6. The monoisotopic (exact) mass is 533 g/mol. The van der Waals surface area contributed by atoms with Crippen molar-refractivity contribution in [2.24, 2.45) is 0 Å². The molecule has 4 aromatic carbocycles. The first-order valence-electron chi connectivity index (χ1n) is 12.0. The van der Waals surface area contributed by atoms with Crippen molar-refractivity contribution < 1.29 is 27.8 Å². The van der Waals surface area contributed by atoms with Gasteiger partial charge in [0.05, 0.1) is 18.1 Å². The molecule has 0 aliphatic heterocycles. The highest BCUT2D eigenvalue weighted by Gasteiger charge is 2.38. The zero-order valence-electron chi connectivity index (χ0n) is 21.0. The number of benzene rings is 4. The van der Waals surface area contributed by atoms with E-state index in [9.17, 15) is 13.2 Å². The second-order valence-corrected chi connectivity index (χ2v) is 8.63. The summed E-state index contributed by atoms with van der Waals surface area (Å²) >= 11 is 0. The van der Waals surface area contributed by atoms with Crippen LogP contribution < -0.4 is 10.1 Å². The number of nitrogens with zero attached hydrogens (tertiary/aromatic N) is 1. The minimum atomic E-state index is -5.08. The van der Waals surface area contributed by atoms with Crippen LogP contribution in [0.3, 0.4) is 0 Å². The summed E-state index contributed by atoms with van der Waals surface area (Å²) in [5.41, 5.74) is 8.04. The van der Waals surface area contributed by atoms with Crippen LogP contribution in [0.5, 0.6) is 5.75 Å². The van der Waals surface area contributed by atoms with E-state index in [1.165, 1.54) is 22.3 Å². The molecular formula is C30H26F3N3O3. The molecule has 0 aliphatic rings. The number of fused-ring (bicyclic) bond motifs is 1. The highest BCUT2D eigenvalue weighted by atomic mass is 19.4. The average molecular weight is 534 g/mol. The zero-order valence-corrected chi connectivity index (χ0v) is 21.0. The van der Waals surface area contributed by atoms with Crippen LogP contribution in [-0.2, 0) is 17.9 Å². The summed E-state index contributed by atoms with van der Waals surface area (Å²) in [6, 6.07) is 33.5. The Balaban J connectivity index is 0.000000448. The summed E-state index contributed by atoms with van der Waals surface area (Å²) in [6.07, 6.45) is -5.08. The van der Waals surface area contributed by atoms with E-state index in [1.807, 2.05) is 36.4 Å². The molecule has 0 bridgehead atoms. The molecule has 0 saturated carbocycles. The molecule has 200 valence electrons. The molecule has 1 aromatic heterocycles. The van der Waals surface area contributed by atoms with Gasteiger partial charge in [-0.25, -0.2) is 9.78 Å². The van der Waals surface area contributed by atoms with Crippen molar-refractivity contribution >= 4 is 17.0 Å². The normalized spacial score (nSPS) is 11.1. The molecule has 6 nitrogen and oxygen atoms in total. The highest BCUT2D eigenvalue weighted by molar-refractivity contribution is 5.79. The number of carboxylic acid groups (broad SMARTS) is 1. The fourth-order valence-electron chi connectivity index (χ4n) is 3.87. The minimum absolute atomic E-state index is 0.816. The third-order valence-electron chi connectivity index (χ3n) is 5.87. The molecule has 9 heteroatoms. The molecule has 0 aliphatic carbocycles. The van der Waals surface area contributed by atoms with Gasteiger partial charge < -0.3 is 20.1 Å². The molecule has 0 spiro atoms. The summed E-state index contributed by atoms with van der Waals surface area (Å²) in [4.78, 5) is 17.0. The fraction of sp³-hybridized carbons (Fsp3) is 0.133. The molecule has 0 atom stereocenters. The molecule has 5 aromatic rings. The molecule has 0 fully saturated rings. The number of carboxylic acids is 1. The second-order valence-electron chi connectivity index (χ2n) is 8.63. The molecule has 0 unspecified atom stereocenters. The van der Waals surface area contributed by atoms with Gasteiger partial charge in [-0.1, -0.05) is 66.7 Å². The van der Waals surface area contributed by atoms with Crippen molar-refractivity contribution in [3.8, 4) is 28.3 Å². The number of rotatable bonds is 7. The predicted octanol–water partition coefficient (Wildman–Crippen LogP) is 6.83. The Morgan fingerprint density at radius 3 is 2.13 bits per heavy atom. The van der Waals surface area contributed by atoms with Crippen LogP contribution in [0.2, 0.25) is 0 Å². The summed E-state index contributed by atoms with van der Waals surface area (Å²) in [6.45, 7) is 1.64. The van der Waals surface area contributed by atoms with Gasteiger partial charge in [0.25, 0.3) is 0 Å². The number of imidazole rings is 1. The van der Waals surface area contributed by atoms with Gasteiger partial charge in [0, 0.05) is 18.7 Å². The molecular weight excluding hydrogens is 507 g/mol. The number of aromatic nitrogens is 2. The van der Waals surface area contributed by atoms with Crippen LogP contribution in [0.4, 0.5) is 13.2 Å². The van der Waals surface area contributed by atoms with Gasteiger partial charge in [-0.15, -0.1) is 0 Å². The first-order chi connectivity index (χ1) is 18.7. The van der Waals surface area contributed by atoms with Crippen molar-refractivity contribution in [2.75, 3.05) is 7.11 Å². The number of methoxy groups -OCH3 is 1. The number of hydrogen-bond donors (Lipinski definition) is 3. The Morgan fingerprint density at radius 1 is 0.846 bits per heavy atom. The molecule has 39 heavy (non-hydrogen) atoms. The lowest BCUT2D eigenvalue weighted by Gasteiger charge is -2.09. The number of aromatic amines is 1. The first-order valence-corrected chi connectivity index (χ1v) is 12.0. The van der Waals surface area contributed by atoms with E-state index in [0.717, 1.165) is 41.3 Å². The second kappa shape index (κ2) is 12.3. The number of H-pyrrole nitrogens is 1. The van der Waals surface area contributed by atoms with Gasteiger partial charge in [0.15, 0.2) is 0 Å². The van der Waals surface area contributed by atoms with Gasteiger partial charge >= 0.3 is 12.1 Å². The Bertz CT molecular complexity index is 1500. The molecule has 0 radical (unpaired) electrons. The summed E-state index contributed by atoms with van der Waals surface area (Å²) < 4.78 is 37.0. The van der Waals surface area contributed by atoms with E-state index >= 15 is 0 Å². The molecule has 0 amide bonds. The number of halogens is 3. The standard InChI is InChI=1S/C28H25N3O.C2HF3O2/c1-32-25-15-9-20(10-16-25)18-29-19-21-5-4-6-24(17-21)22-11-13-23(14-12-22)28-30-26-7-2-3-8-27(26)31-28;3-2(4,5)1(6)7/h2-17,29H,18-19H2,1H3,(H,30,31);(H,6,7). The number of alkyl halides is 3. The zero-order chi connectivity index (χ0) is 27.8. The highest BCUT2D eigenvalue weighted by Crippen LogP contribution is 2.25. The quantitative estimate of drug-likeness (QED) is 0.214. The Hall–Kier alpha value is -4.63. The summed E-state index contributed by atoms with van der Waals surface area (Å²) in [5, 5.41) is 10.6. The van der Waals surface area contributed by atoms with Crippen LogP contribution in [0.25, 0.3) is 33.5 Å². The van der Waals surface area contributed by atoms with Crippen LogP contribution in [0.1, 0.15) is 11.1 Å². The third kappa shape index (κ3) is 7.45. The lowest BCUT2D eigenvalue weighted by molar-refractivity contribution is -0.192. The number of nitrogens with one attached hydrogen (secondary N) is 2. The summed E-state index contributed by atoms with van der Waals surface area (Å²) in [5.74, 6) is -0.977. The van der Waals surface area contributed by atoms with Crippen LogP contribution >= 0.6 is 0 Å². The maximum Gasteiger partial charge on any atom is 0.490 e. The van der Waals surface area contributed by atoms with E-state index in [2.05, 4.69) is 71.0 Å². The third-order valence-corrected chi connectivity index (χ3v) is 5.87. The molecule has 5 rings (SSSR count). The number of hydrogen-bond acceptors (Lipinski definition) is 4. The number of para-hydroxylation sites is 2. The maximum absolute atomic E-state index is 10.6.